The van der Waals surface area contributed by atoms with Crippen LogP contribution in [0.5, 0.6) is 11.5 Å². The second-order valence-electron chi connectivity index (χ2n) is 8.69. The lowest BCUT2D eigenvalue weighted by Crippen LogP contribution is -2.41. The molecule has 0 saturated heterocycles. The smallest absolute Gasteiger partial charge is 0.254 e. The lowest BCUT2D eigenvalue weighted by atomic mass is 10.0. The Balaban J connectivity index is 1.57. The predicted molar refractivity (Wildman–Crippen MR) is 128 cm³/mol. The quantitative estimate of drug-likeness (QED) is 0.326. The molecule has 0 spiro atoms. The first-order valence-corrected chi connectivity index (χ1v) is 11.1. The van der Waals surface area contributed by atoms with Crippen LogP contribution in [0.2, 0.25) is 0 Å². The van der Waals surface area contributed by atoms with Gasteiger partial charge in [0.2, 0.25) is 11.8 Å². The van der Waals surface area contributed by atoms with Crippen molar-refractivity contribution < 1.29 is 27.9 Å². The van der Waals surface area contributed by atoms with Gasteiger partial charge in [0, 0.05) is 23.6 Å². The first kappa shape index (κ1) is 23.9. The molecule has 3 amide bonds. The van der Waals surface area contributed by atoms with Crippen LogP contribution in [0.1, 0.15) is 28.9 Å². The van der Waals surface area contributed by atoms with Crippen LogP contribution < -0.4 is 21.1 Å². The first-order valence-electron chi connectivity index (χ1n) is 11.1. The summed E-state index contributed by atoms with van der Waals surface area (Å²) in [7, 11) is 0. The van der Waals surface area contributed by atoms with Crippen molar-refractivity contribution in [3.63, 3.8) is 0 Å². The van der Waals surface area contributed by atoms with Gasteiger partial charge in [-0.1, -0.05) is 0 Å². The Morgan fingerprint density at radius 1 is 1.05 bits per heavy atom. The van der Waals surface area contributed by atoms with Crippen LogP contribution >= 0.6 is 0 Å². The first-order chi connectivity index (χ1) is 17.6. The van der Waals surface area contributed by atoms with Gasteiger partial charge in [-0.2, -0.15) is 5.10 Å². The largest absolute Gasteiger partial charge is 0.453 e. The van der Waals surface area contributed by atoms with E-state index in [0.717, 1.165) is 23.1 Å². The molecule has 0 unspecified atom stereocenters. The molecule has 0 aliphatic heterocycles. The minimum Gasteiger partial charge on any atom is -0.453 e. The molecule has 37 heavy (non-hydrogen) atoms. The van der Waals surface area contributed by atoms with Gasteiger partial charge < -0.3 is 16.2 Å². The number of aryl methyl sites for hydroxylation is 1. The van der Waals surface area contributed by atoms with Gasteiger partial charge in [0.1, 0.15) is 16.8 Å². The highest BCUT2D eigenvalue weighted by Gasteiger charge is 2.57. The van der Waals surface area contributed by atoms with Crippen LogP contribution in [0.4, 0.5) is 20.2 Å². The molecule has 1 fully saturated rings. The average molecular weight is 506 g/mol. The van der Waals surface area contributed by atoms with Crippen LogP contribution in [-0.4, -0.2) is 32.9 Å². The van der Waals surface area contributed by atoms with E-state index in [1.165, 1.54) is 30.5 Å². The topological polar surface area (TPSA) is 157 Å². The Morgan fingerprint density at radius 3 is 2.32 bits per heavy atom. The summed E-state index contributed by atoms with van der Waals surface area (Å²) in [5.41, 5.74) is 10.5. The van der Waals surface area contributed by atoms with E-state index in [0.29, 0.717) is 11.1 Å². The van der Waals surface area contributed by atoms with Crippen molar-refractivity contribution in [3.05, 3.63) is 71.6 Å². The maximum absolute atomic E-state index is 15.4. The molecule has 0 bridgehead atoms. The van der Waals surface area contributed by atoms with Crippen LogP contribution in [0, 0.1) is 24.0 Å². The summed E-state index contributed by atoms with van der Waals surface area (Å²) < 4.78 is 34.7. The third-order valence-corrected chi connectivity index (χ3v) is 6.29. The van der Waals surface area contributed by atoms with Gasteiger partial charge in [-0.25, -0.2) is 13.8 Å². The van der Waals surface area contributed by atoms with Crippen molar-refractivity contribution in [2.45, 2.75) is 19.8 Å². The molecule has 10 nitrogen and oxygen atoms in total. The molecule has 12 heteroatoms. The van der Waals surface area contributed by atoms with E-state index in [9.17, 15) is 18.8 Å². The van der Waals surface area contributed by atoms with Gasteiger partial charge in [0.25, 0.3) is 5.91 Å². The van der Waals surface area contributed by atoms with Crippen LogP contribution in [0.25, 0.3) is 11.0 Å². The predicted octanol–water partition coefficient (Wildman–Crippen LogP) is 3.37. The van der Waals surface area contributed by atoms with Gasteiger partial charge in [0.15, 0.2) is 23.0 Å². The second kappa shape index (κ2) is 8.66. The van der Waals surface area contributed by atoms with Crippen molar-refractivity contribution in [1.82, 2.24) is 15.2 Å². The summed E-state index contributed by atoms with van der Waals surface area (Å²) in [5.74, 6) is -4.01. The van der Waals surface area contributed by atoms with Gasteiger partial charge in [0.05, 0.1) is 11.1 Å². The fourth-order valence-electron chi connectivity index (χ4n) is 4.08. The zero-order chi connectivity index (χ0) is 26.5. The molecule has 2 aromatic carbocycles. The number of H-pyrrole nitrogens is 1. The van der Waals surface area contributed by atoms with E-state index in [1.54, 1.807) is 6.92 Å². The molecular formula is C25H20F2N6O4. The molecule has 0 radical (unpaired) electrons. The van der Waals surface area contributed by atoms with Crippen molar-refractivity contribution in [1.29, 1.82) is 0 Å². The summed E-state index contributed by atoms with van der Waals surface area (Å²) in [6.07, 6.45) is 1.68. The number of nitrogens with two attached hydrogens (primary N) is 2. The Bertz CT molecular complexity index is 1580. The molecule has 4 aromatic rings. The highest BCUT2D eigenvalue weighted by molar-refractivity contribution is 6.16. The third-order valence-electron chi connectivity index (χ3n) is 6.29. The number of ether oxygens (including phenoxy) is 1. The van der Waals surface area contributed by atoms with Crippen molar-refractivity contribution in [2.24, 2.45) is 16.9 Å². The molecule has 1 aliphatic carbocycles. The maximum atomic E-state index is 15.4. The monoisotopic (exact) mass is 506 g/mol. The number of pyridine rings is 1. The van der Waals surface area contributed by atoms with E-state index in [2.05, 4.69) is 15.2 Å². The number of hydrogen-bond donors (Lipinski definition) is 3. The van der Waals surface area contributed by atoms with Crippen LogP contribution in [-0.2, 0) is 9.59 Å². The van der Waals surface area contributed by atoms with E-state index in [-0.39, 0.29) is 46.9 Å². The number of halogens is 2. The minimum absolute atomic E-state index is 0.0347. The fraction of sp³-hybridized carbons (Fsp3) is 0.160. The zero-order valence-electron chi connectivity index (χ0n) is 19.4. The fourth-order valence-corrected chi connectivity index (χ4v) is 4.08. The summed E-state index contributed by atoms with van der Waals surface area (Å²) >= 11 is 0. The molecule has 2 heterocycles. The van der Waals surface area contributed by atoms with E-state index < -0.39 is 34.8 Å². The minimum atomic E-state index is -1.42. The Labute approximate surface area is 208 Å². The number of carbonyl (C=O) groups excluding carboxylic acids is 3. The van der Waals surface area contributed by atoms with Crippen molar-refractivity contribution in [2.75, 3.05) is 4.90 Å². The summed E-state index contributed by atoms with van der Waals surface area (Å²) in [5, 5.41) is 7.08. The molecule has 5 N–H and O–H groups in total. The number of primary amides is 2. The Hall–Kier alpha value is -4.87. The number of carbonyl (C=O) groups is 3. The maximum Gasteiger partial charge on any atom is 0.254 e. The lowest BCUT2D eigenvalue weighted by Gasteiger charge is -2.26. The normalized spacial score (nSPS) is 13.8. The standard InChI is InChI=1S/C25H20F2N6O4/c1-12-19-20(16(21(28)34)11-30-22(19)32-31-12)37-18-7-6-15(10-17(18)27)33(14-4-2-13(26)3-5-14)24(36)25(8-9-25)23(29)35/h2-7,10-11H,8-9H2,1H3,(H2,28,34)(H2,29,35)(H,30,31,32). The number of nitrogens with one attached hydrogen (secondary N) is 1. The van der Waals surface area contributed by atoms with Gasteiger partial charge in [-0.3, -0.25) is 24.4 Å². The van der Waals surface area contributed by atoms with Crippen molar-refractivity contribution >= 4 is 40.1 Å². The van der Waals surface area contributed by atoms with E-state index >= 15 is 4.39 Å². The Morgan fingerprint density at radius 2 is 1.73 bits per heavy atom. The Kier molecular flexibility index (Phi) is 5.58. The van der Waals surface area contributed by atoms with E-state index in [1.807, 2.05) is 0 Å². The highest BCUT2D eigenvalue weighted by Crippen LogP contribution is 2.49. The number of nitrogens with zero attached hydrogens (tertiary/aromatic N) is 3. The number of anilines is 2. The zero-order valence-corrected chi connectivity index (χ0v) is 19.4. The number of aromatic amines is 1. The highest BCUT2D eigenvalue weighted by atomic mass is 19.1. The summed E-state index contributed by atoms with van der Waals surface area (Å²) in [6.45, 7) is 1.67. The number of aromatic nitrogens is 3. The number of amides is 3. The number of hydrogen-bond acceptors (Lipinski definition) is 6. The number of benzene rings is 2. The molecular weight excluding hydrogens is 486 g/mol. The molecule has 188 valence electrons. The lowest BCUT2D eigenvalue weighted by molar-refractivity contribution is -0.133. The number of rotatable bonds is 7. The SMILES string of the molecule is Cc1[nH]nc2ncc(C(N)=O)c(Oc3ccc(N(C(=O)C4(C(N)=O)CC4)c4ccc(F)cc4)cc3F)c12. The molecule has 1 aliphatic rings. The van der Waals surface area contributed by atoms with E-state index in [4.69, 9.17) is 16.2 Å². The second-order valence-corrected chi connectivity index (χ2v) is 8.69. The molecule has 5 rings (SSSR count). The summed E-state index contributed by atoms with van der Waals surface area (Å²) in [4.78, 5) is 42.6. The van der Waals surface area contributed by atoms with Crippen LogP contribution in [0.15, 0.2) is 48.7 Å². The number of fused-ring (bicyclic) bond motifs is 1. The van der Waals surface area contributed by atoms with Gasteiger partial charge in [-0.05, 0) is 56.2 Å². The molecule has 1 saturated carbocycles. The average Bonchev–Trinajstić information content (AvgIpc) is 3.60. The van der Waals surface area contributed by atoms with Crippen molar-refractivity contribution in [3.8, 4) is 11.5 Å². The van der Waals surface area contributed by atoms with Gasteiger partial charge >= 0.3 is 0 Å². The summed E-state index contributed by atoms with van der Waals surface area (Å²) in [6, 6.07) is 8.62. The van der Waals surface area contributed by atoms with Gasteiger partial charge in [-0.15, -0.1) is 0 Å². The third kappa shape index (κ3) is 4.01. The molecule has 2 aromatic heterocycles. The van der Waals surface area contributed by atoms with Crippen LogP contribution in [0.3, 0.4) is 0 Å². The molecule has 0 atom stereocenters.